The molecule has 4 rings (SSSR count). The monoisotopic (exact) mass is 380 g/mol. The maximum Gasteiger partial charge on any atom is 0.250 e. The number of benzene rings is 1. The lowest BCUT2D eigenvalue weighted by Gasteiger charge is -2.08. The Morgan fingerprint density at radius 1 is 1.04 bits per heavy atom. The molecule has 3 N–H and O–H groups in total. The lowest BCUT2D eigenvalue weighted by atomic mass is 10.2. The van der Waals surface area contributed by atoms with Gasteiger partial charge in [-0.3, -0.25) is 9.48 Å². The molecule has 0 aliphatic rings. The lowest BCUT2D eigenvalue weighted by Crippen LogP contribution is -2.11. The molecule has 1 amide bonds. The first-order chi connectivity index (χ1) is 13.5. The van der Waals surface area contributed by atoms with Gasteiger partial charge in [-0.25, -0.2) is 18.7 Å². The van der Waals surface area contributed by atoms with Gasteiger partial charge in [-0.15, -0.1) is 0 Å². The molecule has 0 saturated heterocycles. The van der Waals surface area contributed by atoms with Crippen molar-refractivity contribution >= 4 is 28.4 Å². The highest BCUT2D eigenvalue weighted by Gasteiger charge is 2.10. The fraction of sp³-hybridized carbons (Fsp3) is 0.0526. The van der Waals surface area contributed by atoms with E-state index in [0.717, 1.165) is 23.6 Å². The van der Waals surface area contributed by atoms with Gasteiger partial charge in [-0.2, -0.15) is 5.10 Å². The molecule has 3 aromatic heterocycles. The molecule has 0 spiro atoms. The van der Waals surface area contributed by atoms with Crippen LogP contribution in [0.3, 0.4) is 0 Å². The van der Waals surface area contributed by atoms with Crippen molar-refractivity contribution in [3.8, 4) is 0 Å². The summed E-state index contributed by atoms with van der Waals surface area (Å²) < 4.78 is 28.9. The molecule has 0 aliphatic carbocycles. The zero-order valence-electron chi connectivity index (χ0n) is 14.4. The highest BCUT2D eigenvalue weighted by atomic mass is 19.1. The second kappa shape index (κ2) is 7.03. The van der Waals surface area contributed by atoms with Crippen LogP contribution < -0.4 is 11.1 Å². The minimum atomic E-state index is -0.563. The van der Waals surface area contributed by atoms with Crippen LogP contribution in [0.2, 0.25) is 0 Å². The molecule has 0 fully saturated rings. The number of rotatable bonds is 5. The molecule has 0 atom stereocenters. The third kappa shape index (κ3) is 3.50. The zero-order chi connectivity index (χ0) is 19.7. The fourth-order valence-electron chi connectivity index (χ4n) is 2.74. The van der Waals surface area contributed by atoms with Crippen LogP contribution in [0.4, 0.5) is 20.4 Å². The molecule has 140 valence electrons. The Morgan fingerprint density at radius 3 is 2.61 bits per heavy atom. The molecule has 0 radical (unpaired) electrons. The number of aromatic nitrogens is 4. The Morgan fingerprint density at radius 2 is 1.86 bits per heavy atom. The molecular weight excluding hydrogens is 366 g/mol. The maximum atomic E-state index is 13.9. The predicted molar refractivity (Wildman–Crippen MR) is 99.0 cm³/mol. The first kappa shape index (κ1) is 17.5. The van der Waals surface area contributed by atoms with Crippen LogP contribution in [0.15, 0.2) is 55.0 Å². The quantitative estimate of drug-likeness (QED) is 0.555. The molecule has 0 bridgehead atoms. The predicted octanol–water partition coefficient (Wildman–Crippen LogP) is 3.00. The topological polar surface area (TPSA) is 98.7 Å². The van der Waals surface area contributed by atoms with E-state index < -0.39 is 17.5 Å². The number of carbonyl (C=O) groups excluding carboxylic acids is 1. The summed E-state index contributed by atoms with van der Waals surface area (Å²) in [5, 5.41) is 8.00. The molecule has 9 heteroatoms. The number of carbonyl (C=O) groups is 1. The van der Waals surface area contributed by atoms with Gasteiger partial charge >= 0.3 is 0 Å². The van der Waals surface area contributed by atoms with E-state index in [0.29, 0.717) is 22.7 Å². The fourth-order valence-corrected chi connectivity index (χ4v) is 2.74. The highest BCUT2D eigenvalue weighted by molar-refractivity contribution is 5.92. The number of pyridine rings is 2. The SMILES string of the molecule is NC(=O)c1ccc(Nc2cc3c(cn2)cnn3Cc2cc(F)ccc2F)nc1. The number of nitrogens with two attached hydrogens (primary N) is 1. The van der Waals surface area contributed by atoms with E-state index in [1.165, 1.54) is 6.20 Å². The number of fused-ring (bicyclic) bond motifs is 1. The van der Waals surface area contributed by atoms with Crippen LogP contribution in [0.1, 0.15) is 15.9 Å². The van der Waals surface area contributed by atoms with E-state index in [2.05, 4.69) is 20.4 Å². The largest absolute Gasteiger partial charge is 0.366 e. The molecule has 1 aromatic carbocycles. The van der Waals surface area contributed by atoms with Crippen LogP contribution >= 0.6 is 0 Å². The lowest BCUT2D eigenvalue weighted by molar-refractivity contribution is 0.1000. The Hall–Kier alpha value is -3.88. The Balaban J connectivity index is 1.62. The van der Waals surface area contributed by atoms with E-state index in [9.17, 15) is 13.6 Å². The molecule has 0 aliphatic heterocycles. The first-order valence-corrected chi connectivity index (χ1v) is 8.28. The van der Waals surface area contributed by atoms with Gasteiger partial charge in [0.2, 0.25) is 5.91 Å². The average Bonchev–Trinajstić information content (AvgIpc) is 3.07. The third-order valence-corrected chi connectivity index (χ3v) is 4.16. The van der Waals surface area contributed by atoms with Crippen LogP contribution in [0, 0.1) is 11.6 Å². The molecule has 4 aromatic rings. The van der Waals surface area contributed by atoms with Crippen LogP contribution in [-0.2, 0) is 6.54 Å². The van der Waals surface area contributed by atoms with Crippen molar-refractivity contribution < 1.29 is 13.6 Å². The second-order valence-electron chi connectivity index (χ2n) is 6.09. The minimum Gasteiger partial charge on any atom is -0.366 e. The van der Waals surface area contributed by atoms with Crippen molar-refractivity contribution in [1.29, 1.82) is 0 Å². The highest BCUT2D eigenvalue weighted by Crippen LogP contribution is 2.21. The van der Waals surface area contributed by atoms with Gasteiger partial charge in [-0.05, 0) is 30.3 Å². The summed E-state index contributed by atoms with van der Waals surface area (Å²) >= 11 is 0. The van der Waals surface area contributed by atoms with Gasteiger partial charge in [0.1, 0.15) is 23.3 Å². The molecule has 0 saturated carbocycles. The van der Waals surface area contributed by atoms with Crippen molar-refractivity contribution in [3.63, 3.8) is 0 Å². The van der Waals surface area contributed by atoms with Crippen molar-refractivity contribution in [3.05, 3.63) is 77.8 Å². The van der Waals surface area contributed by atoms with Gasteiger partial charge in [-0.1, -0.05) is 0 Å². The van der Waals surface area contributed by atoms with Gasteiger partial charge < -0.3 is 11.1 Å². The second-order valence-corrected chi connectivity index (χ2v) is 6.09. The first-order valence-electron chi connectivity index (χ1n) is 8.28. The van der Waals surface area contributed by atoms with Crippen molar-refractivity contribution in [2.75, 3.05) is 5.32 Å². The number of nitrogens with zero attached hydrogens (tertiary/aromatic N) is 4. The summed E-state index contributed by atoms with van der Waals surface area (Å²) in [5.41, 5.74) is 6.37. The minimum absolute atomic E-state index is 0.0715. The van der Waals surface area contributed by atoms with Gasteiger partial charge in [0.25, 0.3) is 0 Å². The van der Waals surface area contributed by atoms with Crippen molar-refractivity contribution in [2.45, 2.75) is 6.54 Å². The summed E-state index contributed by atoms with van der Waals surface area (Å²) in [6.07, 6.45) is 4.57. The van der Waals surface area contributed by atoms with Crippen LogP contribution in [-0.4, -0.2) is 25.7 Å². The number of amides is 1. The molecular formula is C19H14F2N6O. The van der Waals surface area contributed by atoms with E-state index in [4.69, 9.17) is 5.73 Å². The van der Waals surface area contributed by atoms with Gasteiger partial charge in [0.15, 0.2) is 0 Å². The van der Waals surface area contributed by atoms with Crippen LogP contribution in [0.5, 0.6) is 0 Å². The molecule has 28 heavy (non-hydrogen) atoms. The number of hydrogen-bond acceptors (Lipinski definition) is 5. The Kier molecular flexibility index (Phi) is 4.40. The summed E-state index contributed by atoms with van der Waals surface area (Å²) in [6, 6.07) is 8.18. The smallest absolute Gasteiger partial charge is 0.250 e. The maximum absolute atomic E-state index is 13.9. The zero-order valence-corrected chi connectivity index (χ0v) is 14.4. The molecule has 3 heterocycles. The number of primary amides is 1. The van der Waals surface area contributed by atoms with Crippen molar-refractivity contribution in [1.82, 2.24) is 19.7 Å². The number of anilines is 2. The Bertz CT molecular complexity index is 1170. The summed E-state index contributed by atoms with van der Waals surface area (Å²) in [4.78, 5) is 19.5. The van der Waals surface area contributed by atoms with E-state index in [1.54, 1.807) is 35.3 Å². The molecule has 7 nitrogen and oxygen atoms in total. The number of halogens is 2. The third-order valence-electron chi connectivity index (χ3n) is 4.16. The number of hydrogen-bond donors (Lipinski definition) is 2. The van der Waals surface area contributed by atoms with Gasteiger partial charge in [0, 0.05) is 29.4 Å². The molecule has 0 unspecified atom stereocenters. The van der Waals surface area contributed by atoms with E-state index in [1.807, 2.05) is 0 Å². The summed E-state index contributed by atoms with van der Waals surface area (Å²) in [5.74, 6) is -0.627. The van der Waals surface area contributed by atoms with Crippen molar-refractivity contribution in [2.24, 2.45) is 5.73 Å². The average molecular weight is 380 g/mol. The van der Waals surface area contributed by atoms with E-state index in [-0.39, 0.29) is 12.1 Å². The summed E-state index contributed by atoms with van der Waals surface area (Å²) in [6.45, 7) is 0.0715. The van der Waals surface area contributed by atoms with Gasteiger partial charge in [0.05, 0.1) is 23.8 Å². The van der Waals surface area contributed by atoms with E-state index >= 15 is 0 Å². The Labute approximate surface area is 157 Å². The normalized spacial score (nSPS) is 10.9. The van der Waals surface area contributed by atoms with Crippen LogP contribution in [0.25, 0.3) is 10.9 Å². The summed E-state index contributed by atoms with van der Waals surface area (Å²) in [7, 11) is 0. The number of nitrogens with one attached hydrogen (secondary N) is 1. The standard InChI is InChI=1S/C19H14F2N6O/c20-14-2-3-15(21)12(5-14)10-27-16-6-18(24-8-13(16)9-25-27)26-17-4-1-11(7-23-17)19(22)28/h1-9H,10H2,(H2,22,28)(H,23,24,26).